The van der Waals surface area contributed by atoms with E-state index in [2.05, 4.69) is 83.1 Å². The molecule has 0 N–H and O–H groups in total. The van der Waals surface area contributed by atoms with E-state index < -0.39 is 18.3 Å². The van der Waals surface area contributed by atoms with Gasteiger partial charge in [0.25, 0.3) is 0 Å². The van der Waals surface area contributed by atoms with Gasteiger partial charge in [0, 0.05) is 0 Å². The van der Waals surface area contributed by atoms with Gasteiger partial charge in [-0.3, -0.25) is 0 Å². The van der Waals surface area contributed by atoms with E-state index in [0.29, 0.717) is 53.3 Å². The molecule has 0 amide bonds. The molecule has 0 radical (unpaired) electrons. The van der Waals surface area contributed by atoms with Crippen molar-refractivity contribution in [1.82, 2.24) is 0 Å². The molecule has 0 rings (SSSR count). The van der Waals surface area contributed by atoms with E-state index in [9.17, 15) is 15.3 Å². The van der Waals surface area contributed by atoms with Crippen molar-refractivity contribution in [3.05, 3.63) is 0 Å². The third-order valence-corrected chi connectivity index (χ3v) is 6.64. The maximum atomic E-state index is 11.3. The van der Waals surface area contributed by atoms with Crippen LogP contribution in [0.4, 0.5) is 0 Å². The Balaban J connectivity index is -0.000000218. The van der Waals surface area contributed by atoms with Crippen molar-refractivity contribution >= 4 is 17.4 Å². The van der Waals surface area contributed by atoms with Crippen LogP contribution in [0.2, 0.25) is 0 Å². The predicted octanol–water partition coefficient (Wildman–Crippen LogP) is 6.95. The van der Waals surface area contributed by atoms with E-state index in [-0.39, 0.29) is 17.4 Å². The molecule has 0 aliphatic heterocycles. The van der Waals surface area contributed by atoms with E-state index in [4.69, 9.17) is 0 Å². The smallest absolute Gasteiger partial charge is 0.852 e. The minimum absolute atomic E-state index is 0. The van der Waals surface area contributed by atoms with Crippen molar-refractivity contribution < 1.29 is 15.3 Å². The monoisotopic (exact) mass is 541 g/mol. The van der Waals surface area contributed by atoms with E-state index >= 15 is 0 Å². The van der Waals surface area contributed by atoms with Crippen LogP contribution in [0.15, 0.2) is 0 Å². The van der Waals surface area contributed by atoms with Crippen LogP contribution in [0.3, 0.4) is 0 Å². The van der Waals surface area contributed by atoms with Gasteiger partial charge in [-0.05, 0) is 74.0 Å². The largest absolute Gasteiger partial charge is 3.00 e. The average Bonchev–Trinajstić information content (AvgIpc) is 2.65. The first-order chi connectivity index (χ1) is 16.3. The molecule has 4 heteroatoms. The zero-order chi connectivity index (χ0) is 29.2. The van der Waals surface area contributed by atoms with Crippen molar-refractivity contribution in [2.45, 2.75) is 161 Å². The SMILES string of the molecule is CC(C)CC(CC(C)C)C(C)[O-].CC(C)CC(CC(C)C)C(C)[O-].CC(C)CC(CC(C)C)C(C)[O-].[Al+3]. The van der Waals surface area contributed by atoms with E-state index in [1.54, 1.807) is 20.8 Å². The second-order valence-corrected chi connectivity index (χ2v) is 14.2. The van der Waals surface area contributed by atoms with Gasteiger partial charge in [0.15, 0.2) is 0 Å². The van der Waals surface area contributed by atoms with E-state index in [1.165, 1.54) is 0 Å². The van der Waals surface area contributed by atoms with Crippen LogP contribution in [-0.4, -0.2) is 35.7 Å². The summed E-state index contributed by atoms with van der Waals surface area (Å²) in [6, 6.07) is 0. The maximum Gasteiger partial charge on any atom is 3.00 e. The van der Waals surface area contributed by atoms with Gasteiger partial charge in [-0.2, -0.15) is 0 Å². The summed E-state index contributed by atoms with van der Waals surface area (Å²) in [5.41, 5.74) is 0. The fraction of sp³-hybridized carbons (Fsp3) is 1.00. The molecule has 0 heterocycles. The fourth-order valence-corrected chi connectivity index (χ4v) is 5.07. The van der Waals surface area contributed by atoms with E-state index in [1.807, 2.05) is 0 Å². The first-order valence-corrected chi connectivity index (χ1v) is 15.3. The van der Waals surface area contributed by atoms with Crippen molar-refractivity contribution in [2.75, 3.05) is 0 Å². The standard InChI is InChI=1S/3C11H23O.Al/c3*1-8(2)6-11(10(5)12)7-9(3)4;/h3*8-11H,6-7H2,1-5H3;/q3*-1;+3. The third kappa shape index (κ3) is 32.5. The van der Waals surface area contributed by atoms with Gasteiger partial charge in [0.1, 0.15) is 0 Å². The Morgan fingerprint density at radius 2 is 0.405 bits per heavy atom. The van der Waals surface area contributed by atoms with Crippen LogP contribution >= 0.6 is 0 Å². The van der Waals surface area contributed by atoms with Gasteiger partial charge in [0.05, 0.1) is 0 Å². The van der Waals surface area contributed by atoms with Crippen LogP contribution < -0.4 is 15.3 Å². The third-order valence-electron chi connectivity index (χ3n) is 6.64. The second-order valence-electron chi connectivity index (χ2n) is 14.2. The predicted molar refractivity (Wildman–Crippen MR) is 161 cm³/mol. The van der Waals surface area contributed by atoms with Crippen LogP contribution in [0, 0.1) is 53.3 Å². The maximum absolute atomic E-state index is 11.3. The molecular weight excluding hydrogens is 471 g/mol. The van der Waals surface area contributed by atoms with Crippen LogP contribution in [0.25, 0.3) is 0 Å². The molecule has 3 unspecified atom stereocenters. The zero-order valence-corrected chi connectivity index (χ0v) is 29.1. The van der Waals surface area contributed by atoms with Crippen LogP contribution in [0.1, 0.15) is 142 Å². The molecule has 0 aromatic carbocycles. The van der Waals surface area contributed by atoms with Gasteiger partial charge in [-0.15, -0.1) is 18.3 Å². The molecule has 3 atom stereocenters. The minimum Gasteiger partial charge on any atom is -0.852 e. The van der Waals surface area contributed by atoms with Crippen molar-refractivity contribution in [3.8, 4) is 0 Å². The summed E-state index contributed by atoms with van der Waals surface area (Å²) >= 11 is 0. The molecule has 3 nitrogen and oxygen atoms in total. The summed E-state index contributed by atoms with van der Waals surface area (Å²) in [5.74, 6) is 5.08. The summed E-state index contributed by atoms with van der Waals surface area (Å²) < 4.78 is 0. The van der Waals surface area contributed by atoms with Crippen LogP contribution in [-0.2, 0) is 0 Å². The number of hydrogen-bond donors (Lipinski definition) is 0. The molecule has 0 spiro atoms. The first kappa shape index (κ1) is 44.4. The molecule has 0 aliphatic rings. The fourth-order valence-electron chi connectivity index (χ4n) is 5.07. The number of rotatable bonds is 15. The Bertz CT molecular complexity index is 360. The van der Waals surface area contributed by atoms with Crippen molar-refractivity contribution in [2.24, 2.45) is 53.3 Å². The Hall–Kier alpha value is 0.412. The molecule has 0 bridgehead atoms. The van der Waals surface area contributed by atoms with E-state index in [0.717, 1.165) is 38.5 Å². The summed E-state index contributed by atoms with van der Waals surface area (Å²) in [5, 5.41) is 33.9. The zero-order valence-electron chi connectivity index (χ0n) is 28.0. The molecule has 222 valence electrons. The second kappa shape index (κ2) is 25.4. The van der Waals surface area contributed by atoms with Crippen LogP contribution in [0.5, 0.6) is 0 Å². The summed E-state index contributed by atoms with van der Waals surface area (Å²) in [6.45, 7) is 31.7. The average molecular weight is 541 g/mol. The first-order valence-electron chi connectivity index (χ1n) is 15.3. The van der Waals surface area contributed by atoms with Gasteiger partial charge in [0.2, 0.25) is 0 Å². The van der Waals surface area contributed by atoms with Gasteiger partial charge in [-0.1, -0.05) is 122 Å². The molecule has 0 aromatic rings. The van der Waals surface area contributed by atoms with Gasteiger partial charge in [-0.25, -0.2) is 0 Å². The normalized spacial score (nSPS) is 14.4. The molecule has 0 fully saturated rings. The van der Waals surface area contributed by atoms with Crippen molar-refractivity contribution in [1.29, 1.82) is 0 Å². The van der Waals surface area contributed by atoms with Gasteiger partial charge < -0.3 is 15.3 Å². The Kier molecular flexibility index (Phi) is 30.5. The summed E-state index contributed by atoms with van der Waals surface area (Å²) in [4.78, 5) is 0. The summed E-state index contributed by atoms with van der Waals surface area (Å²) in [6.07, 6.45) is 5.34. The van der Waals surface area contributed by atoms with Gasteiger partial charge >= 0.3 is 17.4 Å². The molecule has 0 saturated heterocycles. The Morgan fingerprint density at radius 1 is 0.297 bits per heavy atom. The quantitative estimate of drug-likeness (QED) is 0.211. The Morgan fingerprint density at radius 3 is 0.459 bits per heavy atom. The molecular formula is C33H69AlO3. The summed E-state index contributed by atoms with van der Waals surface area (Å²) in [7, 11) is 0. The number of hydrogen-bond acceptors (Lipinski definition) is 3. The molecule has 0 aliphatic carbocycles. The minimum atomic E-state index is -0.394. The molecule has 0 saturated carbocycles. The molecule has 37 heavy (non-hydrogen) atoms. The Labute approximate surface area is 246 Å². The van der Waals surface area contributed by atoms with Crippen molar-refractivity contribution in [3.63, 3.8) is 0 Å². The topological polar surface area (TPSA) is 69.2 Å². The molecule has 0 aromatic heterocycles.